The van der Waals surface area contributed by atoms with E-state index >= 15 is 0 Å². The number of rotatable bonds is 5. The molecule has 0 saturated carbocycles. The van der Waals surface area contributed by atoms with Gasteiger partial charge in [0.2, 0.25) is 5.65 Å². The quantitative estimate of drug-likeness (QED) is 0.492. The summed E-state index contributed by atoms with van der Waals surface area (Å²) in [4.78, 5) is 14.7. The van der Waals surface area contributed by atoms with E-state index in [1.165, 1.54) is 0 Å². The smallest absolute Gasteiger partial charge is 0.234 e. The first-order valence-corrected chi connectivity index (χ1v) is 6.92. The van der Waals surface area contributed by atoms with Gasteiger partial charge in [0.15, 0.2) is 0 Å². The first-order chi connectivity index (χ1) is 6.79. The summed E-state index contributed by atoms with van der Waals surface area (Å²) < 4.78 is 0. The summed E-state index contributed by atoms with van der Waals surface area (Å²) >= 11 is 0. The molecule has 0 radical (unpaired) electrons. The molecule has 76 valence electrons. The first kappa shape index (κ1) is 11.8. The number of pyridine rings is 1. The third-order valence-corrected chi connectivity index (χ3v) is 3.74. The zero-order chi connectivity index (χ0) is 10.2. The molecule has 0 fully saturated rings. The van der Waals surface area contributed by atoms with Crippen LogP contribution >= 0.6 is 30.8 Å². The van der Waals surface area contributed by atoms with Gasteiger partial charge in [-0.3, -0.25) is 4.79 Å². The van der Waals surface area contributed by atoms with E-state index in [0.717, 1.165) is 10.8 Å². The van der Waals surface area contributed by atoms with Gasteiger partial charge in [0.05, 0.1) is 0 Å². The second-order valence-electron chi connectivity index (χ2n) is 2.36. The standard InChI is InChI=1S/C8H11N2OPS2/c11-8(12)10-5-6-13-14-7-3-1-2-4-9-7/h1-4H,5-6,12H2,(H,10,11). The molecule has 0 aromatic carbocycles. The molecule has 0 aliphatic carbocycles. The Hall–Kier alpha value is -0.250. The van der Waals surface area contributed by atoms with E-state index in [4.69, 9.17) is 0 Å². The fourth-order valence-corrected chi connectivity index (χ4v) is 2.64. The molecule has 1 amide bonds. The summed E-state index contributed by atoms with van der Waals surface area (Å²) in [5, 5.41) is 3.70. The van der Waals surface area contributed by atoms with Crippen molar-refractivity contribution in [2.45, 2.75) is 5.03 Å². The van der Waals surface area contributed by atoms with Gasteiger partial charge in [-0.25, -0.2) is 4.98 Å². The maximum atomic E-state index is 10.5. The highest BCUT2D eigenvalue weighted by atomic mass is 33.1. The third-order valence-electron chi connectivity index (χ3n) is 1.27. The van der Waals surface area contributed by atoms with Crippen molar-refractivity contribution in [2.24, 2.45) is 0 Å². The predicted molar refractivity (Wildman–Crippen MR) is 65.7 cm³/mol. The summed E-state index contributed by atoms with van der Waals surface area (Å²) in [7, 11) is 5.39. The first-order valence-electron chi connectivity index (χ1n) is 4.03. The Labute approximate surface area is 93.4 Å². The van der Waals surface area contributed by atoms with Crippen molar-refractivity contribution < 1.29 is 4.79 Å². The van der Waals surface area contributed by atoms with Crippen LogP contribution in [0.2, 0.25) is 0 Å². The second kappa shape index (κ2) is 7.10. The molecule has 0 aliphatic heterocycles. The Bertz CT molecular complexity index is 284. The van der Waals surface area contributed by atoms with Crippen LogP contribution < -0.4 is 5.32 Å². The lowest BCUT2D eigenvalue weighted by Crippen LogP contribution is -2.18. The van der Waals surface area contributed by atoms with Crippen molar-refractivity contribution in [3.05, 3.63) is 24.4 Å². The number of carbonyl (C=O) groups excluding carboxylic acids is 1. The van der Waals surface area contributed by atoms with Gasteiger partial charge in [-0.2, -0.15) is 0 Å². The Kier molecular flexibility index (Phi) is 5.99. The minimum Gasteiger partial charge on any atom is -0.352 e. The Morgan fingerprint density at radius 2 is 2.43 bits per heavy atom. The number of carbonyl (C=O) groups is 1. The maximum Gasteiger partial charge on any atom is 0.234 e. The molecule has 0 saturated heterocycles. The molecule has 0 bridgehead atoms. The van der Waals surface area contributed by atoms with E-state index in [-0.39, 0.29) is 5.65 Å². The van der Waals surface area contributed by atoms with E-state index in [9.17, 15) is 4.79 Å². The van der Waals surface area contributed by atoms with Crippen LogP contribution in [0.1, 0.15) is 0 Å². The topological polar surface area (TPSA) is 42.0 Å². The second-order valence-corrected chi connectivity index (χ2v) is 5.32. The molecule has 1 atom stereocenters. The van der Waals surface area contributed by atoms with Crippen LogP contribution in [0.3, 0.4) is 0 Å². The fraction of sp³-hybridized carbons (Fsp3) is 0.250. The monoisotopic (exact) mass is 246 g/mol. The highest BCUT2D eigenvalue weighted by Crippen LogP contribution is 2.28. The lowest BCUT2D eigenvalue weighted by Gasteiger charge is -2.00. The van der Waals surface area contributed by atoms with Crippen LogP contribution in [0.25, 0.3) is 0 Å². The van der Waals surface area contributed by atoms with Crippen LogP contribution in [0.4, 0.5) is 4.79 Å². The summed E-state index contributed by atoms with van der Waals surface area (Å²) in [5.74, 6) is 0.876. The number of hydrogen-bond donors (Lipinski definition) is 1. The zero-order valence-corrected chi connectivity index (χ0v) is 10.3. The molecule has 3 nitrogen and oxygen atoms in total. The Morgan fingerprint density at radius 1 is 1.57 bits per heavy atom. The molecular formula is C8H11N2OPS2. The molecule has 0 spiro atoms. The fourth-order valence-electron chi connectivity index (χ4n) is 0.714. The van der Waals surface area contributed by atoms with Gasteiger partial charge in [0.1, 0.15) is 5.03 Å². The van der Waals surface area contributed by atoms with Crippen molar-refractivity contribution in [2.75, 3.05) is 12.3 Å². The Morgan fingerprint density at radius 3 is 3.07 bits per heavy atom. The number of nitrogens with zero attached hydrogens (tertiary/aromatic N) is 1. The highest BCUT2D eigenvalue weighted by molar-refractivity contribution is 8.76. The minimum atomic E-state index is -0.0616. The van der Waals surface area contributed by atoms with E-state index in [2.05, 4.69) is 19.5 Å². The largest absolute Gasteiger partial charge is 0.352 e. The highest BCUT2D eigenvalue weighted by Gasteiger charge is 1.95. The molecule has 1 aromatic rings. The van der Waals surface area contributed by atoms with Gasteiger partial charge in [-0.1, -0.05) is 16.9 Å². The summed E-state index contributed by atoms with van der Waals surface area (Å²) in [6.07, 6.45) is 1.77. The lowest BCUT2D eigenvalue weighted by molar-refractivity contribution is 0.261. The molecule has 1 N–H and O–H groups in total. The average molecular weight is 246 g/mol. The number of amides is 1. The molecule has 14 heavy (non-hydrogen) atoms. The van der Waals surface area contributed by atoms with Crippen molar-refractivity contribution in [1.29, 1.82) is 0 Å². The summed E-state index contributed by atoms with van der Waals surface area (Å²) in [5.41, 5.74) is -0.0616. The van der Waals surface area contributed by atoms with Gasteiger partial charge in [-0.15, -0.1) is 0 Å². The zero-order valence-electron chi connectivity index (χ0n) is 7.47. The van der Waals surface area contributed by atoms with Gasteiger partial charge in [0.25, 0.3) is 0 Å². The predicted octanol–water partition coefficient (Wildman–Crippen LogP) is 2.41. The number of nitrogens with one attached hydrogen (secondary N) is 1. The minimum absolute atomic E-state index is 0.0616. The van der Waals surface area contributed by atoms with Gasteiger partial charge in [0, 0.05) is 18.5 Å². The van der Waals surface area contributed by atoms with Crippen LogP contribution in [0, 0.1) is 0 Å². The van der Waals surface area contributed by atoms with E-state index < -0.39 is 0 Å². The maximum absolute atomic E-state index is 10.5. The van der Waals surface area contributed by atoms with Crippen molar-refractivity contribution in [3.63, 3.8) is 0 Å². The van der Waals surface area contributed by atoms with Crippen molar-refractivity contribution in [3.8, 4) is 0 Å². The van der Waals surface area contributed by atoms with Crippen LogP contribution in [-0.4, -0.2) is 22.9 Å². The van der Waals surface area contributed by atoms with Gasteiger partial charge >= 0.3 is 0 Å². The molecule has 6 heteroatoms. The Balaban J connectivity index is 2.08. The molecule has 1 rings (SSSR count). The molecule has 1 aromatic heterocycles. The van der Waals surface area contributed by atoms with Crippen molar-refractivity contribution in [1.82, 2.24) is 10.3 Å². The van der Waals surface area contributed by atoms with Gasteiger partial charge < -0.3 is 5.32 Å². The number of aromatic nitrogens is 1. The molecule has 1 heterocycles. The van der Waals surface area contributed by atoms with Crippen LogP contribution in [0.5, 0.6) is 0 Å². The van der Waals surface area contributed by atoms with Gasteiger partial charge in [-0.05, 0) is 32.2 Å². The van der Waals surface area contributed by atoms with E-state index in [1.807, 2.05) is 18.2 Å². The average Bonchev–Trinajstić information content (AvgIpc) is 2.18. The van der Waals surface area contributed by atoms with Crippen molar-refractivity contribution >= 4 is 36.5 Å². The van der Waals surface area contributed by atoms with Crippen LogP contribution in [0.15, 0.2) is 29.4 Å². The van der Waals surface area contributed by atoms with E-state index in [1.54, 1.807) is 27.8 Å². The lowest BCUT2D eigenvalue weighted by atomic mass is 10.5. The molecule has 1 unspecified atom stereocenters. The summed E-state index contributed by atoms with van der Waals surface area (Å²) in [6.45, 7) is 0.687. The van der Waals surface area contributed by atoms with Crippen LogP contribution in [-0.2, 0) is 0 Å². The number of hydrogen-bond acceptors (Lipinski definition) is 4. The van der Waals surface area contributed by atoms with E-state index in [0.29, 0.717) is 6.54 Å². The third kappa shape index (κ3) is 5.47. The molecule has 0 aliphatic rings. The SMILES string of the molecule is O=C(P)NCCSSc1ccccn1. The summed E-state index contributed by atoms with van der Waals surface area (Å²) in [6, 6.07) is 5.82. The normalized spacial score (nSPS) is 9.79. The molecular weight excluding hydrogens is 235 g/mol.